The first-order valence-corrected chi connectivity index (χ1v) is 9.34. The largest absolute Gasteiger partial charge is 0.496 e. The van der Waals surface area contributed by atoms with Crippen molar-refractivity contribution in [3.05, 3.63) is 95.1 Å². The van der Waals surface area contributed by atoms with Crippen LogP contribution in [0.3, 0.4) is 0 Å². The van der Waals surface area contributed by atoms with Gasteiger partial charge in [0.15, 0.2) is 5.78 Å². The molecule has 0 spiro atoms. The first-order chi connectivity index (χ1) is 14.5. The minimum atomic E-state index is -0.596. The Morgan fingerprint density at radius 3 is 2.10 bits per heavy atom. The van der Waals surface area contributed by atoms with Gasteiger partial charge in [0.05, 0.1) is 14.2 Å². The molecule has 5 heteroatoms. The summed E-state index contributed by atoms with van der Waals surface area (Å²) < 4.78 is 16.0. The van der Waals surface area contributed by atoms with E-state index >= 15 is 0 Å². The highest BCUT2D eigenvalue weighted by Gasteiger charge is 2.20. The number of aryl methyl sites for hydroxylation is 1. The molecule has 5 nitrogen and oxygen atoms in total. The normalized spacial score (nSPS) is 10.6. The Bertz CT molecular complexity index is 1060. The third-order valence-electron chi connectivity index (χ3n) is 4.46. The fourth-order valence-electron chi connectivity index (χ4n) is 2.88. The molecule has 0 amide bonds. The predicted octanol–water partition coefficient (Wildman–Crippen LogP) is 5.13. The quantitative estimate of drug-likeness (QED) is 0.237. The molecule has 3 rings (SSSR count). The minimum absolute atomic E-state index is 0.101. The maximum atomic E-state index is 12.7. The Balaban J connectivity index is 1.77. The zero-order valence-electron chi connectivity index (χ0n) is 17.0. The third-order valence-corrected chi connectivity index (χ3v) is 4.46. The lowest BCUT2D eigenvalue weighted by atomic mass is 10.1. The average Bonchev–Trinajstić information content (AvgIpc) is 2.77. The smallest absolute Gasteiger partial charge is 0.351 e. The van der Waals surface area contributed by atoms with Gasteiger partial charge in [-0.25, -0.2) is 4.79 Å². The molecule has 0 bridgehead atoms. The van der Waals surface area contributed by atoms with E-state index in [1.54, 1.807) is 54.6 Å². The van der Waals surface area contributed by atoms with Gasteiger partial charge in [-0.2, -0.15) is 0 Å². The van der Waals surface area contributed by atoms with Crippen molar-refractivity contribution in [2.24, 2.45) is 0 Å². The molecule has 0 aliphatic carbocycles. The van der Waals surface area contributed by atoms with Crippen LogP contribution in [0.15, 0.2) is 72.8 Å². The van der Waals surface area contributed by atoms with Crippen molar-refractivity contribution < 1.29 is 23.8 Å². The summed E-state index contributed by atoms with van der Waals surface area (Å²) in [5, 5.41) is 0. The number of hydrogen-bond donors (Lipinski definition) is 0. The third kappa shape index (κ3) is 4.94. The molecular weight excluding hydrogens is 380 g/mol. The molecule has 0 aliphatic heterocycles. The van der Waals surface area contributed by atoms with Crippen LogP contribution in [0.2, 0.25) is 0 Å². The lowest BCUT2D eigenvalue weighted by molar-refractivity contribution is 0.0727. The number of carbonyl (C=O) groups excluding carboxylic acids is 2. The van der Waals surface area contributed by atoms with Crippen LogP contribution in [0, 0.1) is 6.92 Å². The van der Waals surface area contributed by atoms with Gasteiger partial charge >= 0.3 is 5.97 Å². The van der Waals surface area contributed by atoms with E-state index < -0.39 is 5.97 Å². The van der Waals surface area contributed by atoms with Crippen LogP contribution in [0.1, 0.15) is 31.8 Å². The van der Waals surface area contributed by atoms with Gasteiger partial charge in [-0.05, 0) is 42.8 Å². The van der Waals surface area contributed by atoms with Gasteiger partial charge in [0.2, 0.25) is 0 Å². The average molecular weight is 402 g/mol. The maximum absolute atomic E-state index is 12.7. The topological polar surface area (TPSA) is 61.8 Å². The second kappa shape index (κ2) is 9.56. The molecule has 0 fully saturated rings. The first-order valence-electron chi connectivity index (χ1n) is 9.34. The van der Waals surface area contributed by atoms with Gasteiger partial charge in [0, 0.05) is 5.56 Å². The minimum Gasteiger partial charge on any atom is -0.496 e. The molecule has 3 aromatic rings. The number of methoxy groups -OCH3 is 2. The molecule has 3 aromatic carbocycles. The number of ketones is 1. The second-order valence-electron chi connectivity index (χ2n) is 6.56. The van der Waals surface area contributed by atoms with Crippen molar-refractivity contribution in [1.82, 2.24) is 0 Å². The van der Waals surface area contributed by atoms with Crippen molar-refractivity contribution in [3.63, 3.8) is 0 Å². The Morgan fingerprint density at radius 1 is 0.833 bits per heavy atom. The summed E-state index contributed by atoms with van der Waals surface area (Å²) in [4.78, 5) is 25.0. The Kier molecular flexibility index (Phi) is 6.65. The van der Waals surface area contributed by atoms with Crippen molar-refractivity contribution in [3.8, 4) is 17.2 Å². The van der Waals surface area contributed by atoms with Crippen LogP contribution < -0.4 is 14.2 Å². The number of allylic oxidation sites excluding steroid dienone is 1. The molecular formula is C25H22O5. The van der Waals surface area contributed by atoms with E-state index in [1.807, 2.05) is 25.1 Å². The number of carbonyl (C=O) groups is 2. The predicted molar refractivity (Wildman–Crippen MR) is 115 cm³/mol. The molecule has 0 heterocycles. The summed E-state index contributed by atoms with van der Waals surface area (Å²) in [7, 11) is 2.95. The van der Waals surface area contributed by atoms with E-state index in [0.29, 0.717) is 22.8 Å². The van der Waals surface area contributed by atoms with E-state index in [4.69, 9.17) is 14.2 Å². The number of rotatable bonds is 7. The van der Waals surface area contributed by atoms with Gasteiger partial charge in [0.25, 0.3) is 0 Å². The van der Waals surface area contributed by atoms with Gasteiger partial charge in [-0.3, -0.25) is 4.79 Å². The zero-order valence-corrected chi connectivity index (χ0v) is 17.0. The molecule has 0 saturated carbocycles. The highest BCUT2D eigenvalue weighted by molar-refractivity contribution is 6.06. The van der Waals surface area contributed by atoms with E-state index in [2.05, 4.69) is 0 Å². The van der Waals surface area contributed by atoms with Crippen LogP contribution in [-0.2, 0) is 0 Å². The van der Waals surface area contributed by atoms with Gasteiger partial charge in [0.1, 0.15) is 22.8 Å². The van der Waals surface area contributed by atoms with Crippen LogP contribution >= 0.6 is 0 Å². The van der Waals surface area contributed by atoms with Crippen molar-refractivity contribution in [2.45, 2.75) is 6.92 Å². The Morgan fingerprint density at radius 2 is 1.47 bits per heavy atom. The van der Waals surface area contributed by atoms with Crippen molar-refractivity contribution in [2.75, 3.05) is 14.2 Å². The van der Waals surface area contributed by atoms with Gasteiger partial charge < -0.3 is 14.2 Å². The highest BCUT2D eigenvalue weighted by Crippen LogP contribution is 2.29. The summed E-state index contributed by atoms with van der Waals surface area (Å²) in [5.41, 5.74) is 2.64. The number of esters is 1. The van der Waals surface area contributed by atoms with E-state index in [1.165, 1.54) is 20.3 Å². The molecule has 0 unspecified atom stereocenters. The molecule has 0 aromatic heterocycles. The van der Waals surface area contributed by atoms with Crippen LogP contribution in [0.4, 0.5) is 0 Å². The molecule has 30 heavy (non-hydrogen) atoms. The Hall–Kier alpha value is -3.86. The fourth-order valence-corrected chi connectivity index (χ4v) is 2.88. The SMILES string of the molecule is COc1cccc(OC)c1C(=O)Oc1cccc(C=CC(=O)c2ccc(C)cc2)c1. The molecule has 152 valence electrons. The number of benzene rings is 3. The standard InChI is InChI=1S/C25H22O5/c1-17-10-13-19(14-11-17)21(26)15-12-18-6-4-7-20(16-18)30-25(27)24-22(28-2)8-5-9-23(24)29-3/h4-16H,1-3H3. The molecule has 0 radical (unpaired) electrons. The molecule has 0 N–H and O–H groups in total. The van der Waals surface area contributed by atoms with Crippen LogP contribution in [0.5, 0.6) is 17.2 Å². The Labute approximate surface area is 175 Å². The van der Waals surface area contributed by atoms with E-state index in [9.17, 15) is 9.59 Å². The van der Waals surface area contributed by atoms with Crippen LogP contribution in [-0.4, -0.2) is 26.0 Å². The summed E-state index contributed by atoms with van der Waals surface area (Å²) in [6.45, 7) is 1.97. The molecule has 0 aliphatic rings. The fraction of sp³-hybridized carbons (Fsp3) is 0.120. The lowest BCUT2D eigenvalue weighted by Gasteiger charge is -2.12. The maximum Gasteiger partial charge on any atom is 0.351 e. The monoisotopic (exact) mass is 402 g/mol. The summed E-state index contributed by atoms with van der Waals surface area (Å²) in [6.07, 6.45) is 3.18. The number of ether oxygens (including phenoxy) is 3. The van der Waals surface area contributed by atoms with Crippen molar-refractivity contribution >= 4 is 17.8 Å². The zero-order chi connectivity index (χ0) is 21.5. The van der Waals surface area contributed by atoms with E-state index in [0.717, 1.165) is 11.1 Å². The van der Waals surface area contributed by atoms with Gasteiger partial charge in [-0.15, -0.1) is 0 Å². The summed E-state index contributed by atoms with van der Waals surface area (Å²) in [5.74, 6) is 0.369. The van der Waals surface area contributed by atoms with Gasteiger partial charge in [-0.1, -0.05) is 54.1 Å². The summed E-state index contributed by atoms with van der Waals surface area (Å²) in [6, 6.07) is 19.3. The first kappa shape index (κ1) is 20.9. The van der Waals surface area contributed by atoms with Crippen molar-refractivity contribution in [1.29, 1.82) is 0 Å². The lowest BCUT2D eigenvalue weighted by Crippen LogP contribution is -2.12. The molecule has 0 saturated heterocycles. The molecule has 0 atom stereocenters. The second-order valence-corrected chi connectivity index (χ2v) is 6.56. The summed E-state index contributed by atoms with van der Waals surface area (Å²) >= 11 is 0. The van der Waals surface area contributed by atoms with E-state index in [-0.39, 0.29) is 11.3 Å². The number of hydrogen-bond acceptors (Lipinski definition) is 5. The van der Waals surface area contributed by atoms with Crippen LogP contribution in [0.25, 0.3) is 6.08 Å². The highest BCUT2D eigenvalue weighted by atomic mass is 16.5.